The Morgan fingerprint density at radius 1 is 1.19 bits per heavy atom. The van der Waals surface area contributed by atoms with Crippen molar-refractivity contribution in [3.63, 3.8) is 0 Å². The molecule has 37 heavy (non-hydrogen) atoms. The SMILES string of the molecule is CCN(C(=O)N[C@@H](CCN(CCCCc1ccc2c(n1)NCCC2)CCOC(C)(C)C)C(=O)O)C(C)C. The second kappa shape index (κ2) is 15.1. The minimum atomic E-state index is -1.01. The highest BCUT2D eigenvalue weighted by molar-refractivity contribution is 5.82. The zero-order chi connectivity index (χ0) is 27.4. The monoisotopic (exact) mass is 519 g/mol. The Hall–Kier alpha value is -2.39. The van der Waals surface area contributed by atoms with Crippen molar-refractivity contribution < 1.29 is 19.4 Å². The van der Waals surface area contributed by atoms with E-state index in [4.69, 9.17) is 9.72 Å². The van der Waals surface area contributed by atoms with E-state index in [1.807, 2.05) is 41.5 Å². The molecule has 9 nitrogen and oxygen atoms in total. The zero-order valence-corrected chi connectivity index (χ0v) is 23.8. The molecule has 2 heterocycles. The summed E-state index contributed by atoms with van der Waals surface area (Å²) >= 11 is 0. The Morgan fingerprint density at radius 3 is 2.59 bits per heavy atom. The van der Waals surface area contributed by atoms with Crippen LogP contribution in [0.1, 0.15) is 78.5 Å². The number of carbonyl (C=O) groups excluding carboxylic acids is 1. The maximum Gasteiger partial charge on any atom is 0.326 e. The van der Waals surface area contributed by atoms with Gasteiger partial charge in [-0.15, -0.1) is 0 Å². The highest BCUT2D eigenvalue weighted by atomic mass is 16.5. The van der Waals surface area contributed by atoms with Crippen molar-refractivity contribution >= 4 is 17.8 Å². The summed E-state index contributed by atoms with van der Waals surface area (Å²) in [7, 11) is 0. The van der Waals surface area contributed by atoms with E-state index in [1.165, 1.54) is 5.56 Å². The van der Waals surface area contributed by atoms with Crippen molar-refractivity contribution in [1.82, 2.24) is 20.1 Å². The zero-order valence-electron chi connectivity index (χ0n) is 23.8. The van der Waals surface area contributed by atoms with Gasteiger partial charge < -0.3 is 30.3 Å². The van der Waals surface area contributed by atoms with Gasteiger partial charge in [-0.1, -0.05) is 6.07 Å². The number of aliphatic carboxylic acids is 1. The Labute approximate surface area is 223 Å². The third-order valence-electron chi connectivity index (χ3n) is 6.61. The fourth-order valence-electron chi connectivity index (χ4n) is 4.51. The van der Waals surface area contributed by atoms with Gasteiger partial charge >= 0.3 is 12.0 Å². The number of unbranched alkanes of at least 4 members (excludes halogenated alkanes) is 1. The number of hydrogen-bond acceptors (Lipinski definition) is 6. The first-order valence-electron chi connectivity index (χ1n) is 13.9. The first-order chi connectivity index (χ1) is 17.5. The number of aryl methyl sites for hydroxylation is 2. The molecular formula is C28H49N5O4. The van der Waals surface area contributed by atoms with Crippen molar-refractivity contribution in [3.05, 3.63) is 23.4 Å². The van der Waals surface area contributed by atoms with Crippen LogP contribution in [0.5, 0.6) is 0 Å². The Balaban J connectivity index is 1.90. The number of rotatable bonds is 15. The lowest BCUT2D eigenvalue weighted by atomic mass is 10.1. The van der Waals surface area contributed by atoms with Gasteiger partial charge in [0.05, 0.1) is 12.2 Å². The number of aromatic nitrogens is 1. The normalized spacial score (nSPS) is 14.3. The molecule has 0 fully saturated rings. The van der Waals surface area contributed by atoms with Gasteiger partial charge in [-0.2, -0.15) is 0 Å². The minimum absolute atomic E-state index is 0.00544. The van der Waals surface area contributed by atoms with Crippen LogP contribution in [0.15, 0.2) is 12.1 Å². The fraction of sp³-hybridized carbons (Fsp3) is 0.750. The number of amides is 2. The van der Waals surface area contributed by atoms with Crippen molar-refractivity contribution in [2.24, 2.45) is 0 Å². The number of anilines is 1. The van der Waals surface area contributed by atoms with Gasteiger partial charge in [0.15, 0.2) is 0 Å². The maximum atomic E-state index is 12.6. The molecule has 0 aliphatic carbocycles. The van der Waals surface area contributed by atoms with Gasteiger partial charge in [0.25, 0.3) is 0 Å². The van der Waals surface area contributed by atoms with Crippen LogP contribution in [0, 0.1) is 0 Å². The van der Waals surface area contributed by atoms with Crippen molar-refractivity contribution in [2.45, 2.75) is 97.8 Å². The molecule has 1 aliphatic heterocycles. The molecule has 0 aromatic carbocycles. The molecule has 0 bridgehead atoms. The van der Waals surface area contributed by atoms with E-state index in [0.29, 0.717) is 32.7 Å². The third-order valence-corrected chi connectivity index (χ3v) is 6.61. The van der Waals surface area contributed by atoms with Crippen LogP contribution < -0.4 is 10.6 Å². The van der Waals surface area contributed by atoms with Crippen LogP contribution >= 0.6 is 0 Å². The first kappa shape index (κ1) is 30.8. The van der Waals surface area contributed by atoms with Crippen LogP contribution in [-0.2, 0) is 22.4 Å². The molecule has 0 saturated heterocycles. The van der Waals surface area contributed by atoms with Gasteiger partial charge in [0.1, 0.15) is 11.9 Å². The summed E-state index contributed by atoms with van der Waals surface area (Å²) in [6, 6.07) is 3.07. The van der Waals surface area contributed by atoms with E-state index in [9.17, 15) is 14.7 Å². The van der Waals surface area contributed by atoms with E-state index < -0.39 is 12.0 Å². The summed E-state index contributed by atoms with van der Waals surface area (Å²) in [5.74, 6) is 0.0247. The average Bonchev–Trinajstić information content (AvgIpc) is 2.82. The molecule has 1 aromatic heterocycles. The summed E-state index contributed by atoms with van der Waals surface area (Å²) in [6.45, 7) is 16.0. The van der Waals surface area contributed by atoms with Crippen LogP contribution in [-0.4, -0.2) is 88.9 Å². The number of carbonyl (C=O) groups is 2. The largest absolute Gasteiger partial charge is 0.480 e. The molecule has 0 saturated carbocycles. The predicted molar refractivity (Wildman–Crippen MR) is 148 cm³/mol. The number of hydrogen-bond donors (Lipinski definition) is 3. The summed E-state index contributed by atoms with van der Waals surface area (Å²) in [5.41, 5.74) is 2.18. The lowest BCUT2D eigenvalue weighted by Crippen LogP contribution is -2.51. The molecule has 0 spiro atoms. The van der Waals surface area contributed by atoms with Crippen LogP contribution in [0.3, 0.4) is 0 Å². The number of nitrogens with zero attached hydrogens (tertiary/aromatic N) is 3. The number of urea groups is 1. The van der Waals surface area contributed by atoms with Gasteiger partial charge in [-0.25, -0.2) is 14.6 Å². The molecule has 0 unspecified atom stereocenters. The predicted octanol–water partition coefficient (Wildman–Crippen LogP) is 4.16. The second-order valence-electron chi connectivity index (χ2n) is 11.1. The quantitative estimate of drug-likeness (QED) is 0.299. The molecular weight excluding hydrogens is 470 g/mol. The van der Waals surface area contributed by atoms with E-state index >= 15 is 0 Å². The first-order valence-corrected chi connectivity index (χ1v) is 13.9. The summed E-state index contributed by atoms with van der Waals surface area (Å²) in [4.78, 5) is 33.2. The molecule has 210 valence electrons. The van der Waals surface area contributed by atoms with E-state index in [0.717, 1.165) is 56.7 Å². The van der Waals surface area contributed by atoms with Gasteiger partial charge in [0, 0.05) is 37.9 Å². The number of ether oxygens (including phenoxy) is 1. The van der Waals surface area contributed by atoms with Crippen LogP contribution in [0.25, 0.3) is 0 Å². The summed E-state index contributed by atoms with van der Waals surface area (Å²) in [5, 5.41) is 15.9. The lowest BCUT2D eigenvalue weighted by molar-refractivity contribution is -0.139. The van der Waals surface area contributed by atoms with E-state index in [-0.39, 0.29) is 17.7 Å². The summed E-state index contributed by atoms with van der Waals surface area (Å²) in [6.07, 6.45) is 5.47. The lowest BCUT2D eigenvalue weighted by Gasteiger charge is -2.29. The third kappa shape index (κ3) is 11.3. The van der Waals surface area contributed by atoms with Crippen LogP contribution in [0.2, 0.25) is 0 Å². The highest BCUT2D eigenvalue weighted by Gasteiger charge is 2.24. The molecule has 1 aliphatic rings. The fourth-order valence-corrected chi connectivity index (χ4v) is 4.51. The number of carboxylic acids is 1. The molecule has 1 atom stereocenters. The number of carboxylic acid groups (broad SMARTS) is 1. The molecule has 1 aromatic rings. The molecule has 2 amide bonds. The number of fused-ring (bicyclic) bond motifs is 1. The molecule has 9 heteroatoms. The highest BCUT2D eigenvalue weighted by Crippen LogP contribution is 2.20. The van der Waals surface area contributed by atoms with Gasteiger partial charge in [0.2, 0.25) is 0 Å². The average molecular weight is 520 g/mol. The van der Waals surface area contributed by atoms with Crippen LogP contribution in [0.4, 0.5) is 10.6 Å². The Bertz CT molecular complexity index is 855. The number of nitrogens with one attached hydrogen (secondary N) is 2. The molecule has 3 N–H and O–H groups in total. The smallest absolute Gasteiger partial charge is 0.326 e. The van der Waals surface area contributed by atoms with Gasteiger partial charge in [-0.3, -0.25) is 0 Å². The van der Waals surface area contributed by atoms with E-state index in [1.54, 1.807) is 4.90 Å². The van der Waals surface area contributed by atoms with E-state index in [2.05, 4.69) is 27.7 Å². The minimum Gasteiger partial charge on any atom is -0.480 e. The summed E-state index contributed by atoms with van der Waals surface area (Å²) < 4.78 is 5.93. The molecule has 2 rings (SSSR count). The Morgan fingerprint density at radius 2 is 1.95 bits per heavy atom. The van der Waals surface area contributed by atoms with Crippen molar-refractivity contribution in [3.8, 4) is 0 Å². The van der Waals surface area contributed by atoms with Gasteiger partial charge in [-0.05, 0) is 98.2 Å². The van der Waals surface area contributed by atoms with Crippen molar-refractivity contribution in [2.75, 3.05) is 44.6 Å². The number of pyridine rings is 1. The molecule has 0 radical (unpaired) electrons. The second-order valence-corrected chi connectivity index (χ2v) is 11.1. The maximum absolute atomic E-state index is 12.6. The Kier molecular flexibility index (Phi) is 12.6. The van der Waals surface area contributed by atoms with Crippen molar-refractivity contribution in [1.29, 1.82) is 0 Å². The topological polar surface area (TPSA) is 107 Å². The standard InChI is InChI=1S/C28H49N5O4/c1-7-33(21(2)3)27(36)31-24(26(34)35)15-18-32(19-20-37-28(4,5)6)17-9-8-12-23-14-13-22-11-10-16-29-25(22)30-23/h13-14,21,24H,7-12,15-20H2,1-6H3,(H,29,30)(H,31,36)(H,34,35)/t24-/m0/s1.